The van der Waals surface area contributed by atoms with Crippen LogP contribution in [-0.2, 0) is 10.0 Å². The largest absolute Gasteiger partial charge is 0.269 e. The third kappa shape index (κ3) is 3.30. The van der Waals surface area contributed by atoms with E-state index in [0.29, 0.717) is 10.6 Å². The van der Waals surface area contributed by atoms with Crippen molar-refractivity contribution in [1.29, 1.82) is 0 Å². The van der Waals surface area contributed by atoms with Crippen molar-refractivity contribution in [2.24, 2.45) is 0 Å². The molecule has 0 saturated heterocycles. The average Bonchev–Trinajstić information content (AvgIpc) is 2.39. The Bertz CT molecular complexity index is 765. The third-order valence-corrected chi connectivity index (χ3v) is 5.78. The van der Waals surface area contributed by atoms with E-state index in [4.69, 9.17) is 0 Å². The molecular weight excluding hydrogens is 350 g/mol. The monoisotopic (exact) mass is 367 g/mol. The van der Waals surface area contributed by atoms with E-state index in [1.54, 1.807) is 26.1 Å². The number of nitrogens with zero attached hydrogens (tertiary/aromatic N) is 1. The van der Waals surface area contributed by atoms with E-state index in [2.05, 4.69) is 15.9 Å². The molecule has 2 aromatic rings. The van der Waals surface area contributed by atoms with Crippen LogP contribution >= 0.6 is 15.9 Å². The van der Waals surface area contributed by atoms with Crippen LogP contribution in [0.4, 0.5) is 5.69 Å². The minimum absolute atomic E-state index is 0.318. The van der Waals surface area contributed by atoms with Gasteiger partial charge in [0.1, 0.15) is 0 Å². The molecule has 0 spiro atoms. The Balaban J connectivity index is 2.55. The highest BCUT2D eigenvalue weighted by atomic mass is 79.9. The second-order valence-electron chi connectivity index (χ2n) is 5.23. The highest BCUT2D eigenvalue weighted by Crippen LogP contribution is 2.27. The number of rotatable bonds is 3. The highest BCUT2D eigenvalue weighted by molar-refractivity contribution is 9.10. The van der Waals surface area contributed by atoms with Crippen LogP contribution < -0.4 is 4.31 Å². The quantitative estimate of drug-likeness (QED) is 0.814. The third-order valence-electron chi connectivity index (χ3n) is 3.36. The smallest absolute Gasteiger partial charge is 0.264 e. The fraction of sp³-hybridized carbons (Fsp3) is 0.250. The van der Waals surface area contributed by atoms with E-state index >= 15 is 0 Å². The highest BCUT2D eigenvalue weighted by Gasteiger charge is 2.23. The van der Waals surface area contributed by atoms with Crippen molar-refractivity contribution in [3.63, 3.8) is 0 Å². The summed E-state index contributed by atoms with van der Waals surface area (Å²) >= 11 is 3.33. The van der Waals surface area contributed by atoms with Gasteiger partial charge in [-0.05, 0) is 61.7 Å². The fourth-order valence-corrected chi connectivity index (χ4v) is 4.21. The SMILES string of the molecule is Cc1cc(C)cc(N(C)S(=O)(=O)c2cc(Br)ccc2C)c1. The molecule has 2 rings (SSSR count). The van der Waals surface area contributed by atoms with Crippen LogP contribution in [-0.4, -0.2) is 15.5 Å². The molecule has 0 saturated carbocycles. The summed E-state index contributed by atoms with van der Waals surface area (Å²) in [6, 6.07) is 11.0. The molecule has 112 valence electrons. The summed E-state index contributed by atoms with van der Waals surface area (Å²) in [4.78, 5) is 0.318. The number of hydrogen-bond donors (Lipinski definition) is 0. The van der Waals surface area contributed by atoms with Gasteiger partial charge in [0, 0.05) is 11.5 Å². The molecule has 0 aliphatic rings. The summed E-state index contributed by atoms with van der Waals surface area (Å²) in [5.41, 5.74) is 3.48. The van der Waals surface area contributed by atoms with Crippen LogP contribution in [0.15, 0.2) is 45.8 Å². The average molecular weight is 368 g/mol. The minimum Gasteiger partial charge on any atom is -0.269 e. The van der Waals surface area contributed by atoms with Crippen molar-refractivity contribution in [3.8, 4) is 0 Å². The Labute approximate surface area is 134 Å². The van der Waals surface area contributed by atoms with Crippen LogP contribution in [0, 0.1) is 20.8 Å². The van der Waals surface area contributed by atoms with Gasteiger partial charge in [-0.2, -0.15) is 0 Å². The Morgan fingerprint density at radius 2 is 1.52 bits per heavy atom. The van der Waals surface area contributed by atoms with E-state index in [9.17, 15) is 8.42 Å². The molecule has 0 aliphatic carbocycles. The Kier molecular flexibility index (Phi) is 4.44. The second-order valence-corrected chi connectivity index (χ2v) is 8.08. The molecule has 3 nitrogen and oxygen atoms in total. The van der Waals surface area contributed by atoms with Crippen LogP contribution in [0.25, 0.3) is 0 Å². The fourth-order valence-electron chi connectivity index (χ4n) is 2.27. The van der Waals surface area contributed by atoms with Crippen LogP contribution in [0.1, 0.15) is 16.7 Å². The van der Waals surface area contributed by atoms with E-state index in [1.165, 1.54) is 4.31 Å². The standard InChI is InChI=1S/C16H18BrNO2S/c1-11-7-12(2)9-15(8-11)18(4)21(19,20)16-10-14(17)6-5-13(16)3/h5-10H,1-4H3. The number of benzene rings is 2. The number of anilines is 1. The molecule has 0 bridgehead atoms. The Morgan fingerprint density at radius 3 is 2.10 bits per heavy atom. The predicted molar refractivity (Wildman–Crippen MR) is 90.4 cm³/mol. The van der Waals surface area contributed by atoms with Gasteiger partial charge >= 0.3 is 0 Å². The summed E-state index contributed by atoms with van der Waals surface area (Å²) in [7, 11) is -1.99. The number of halogens is 1. The molecular formula is C16H18BrNO2S. The van der Waals surface area contributed by atoms with E-state index < -0.39 is 10.0 Å². The van der Waals surface area contributed by atoms with Crippen LogP contribution in [0.3, 0.4) is 0 Å². The molecule has 0 heterocycles. The lowest BCUT2D eigenvalue weighted by Gasteiger charge is -2.21. The molecule has 2 aromatic carbocycles. The van der Waals surface area contributed by atoms with Crippen molar-refractivity contribution < 1.29 is 8.42 Å². The maximum absolute atomic E-state index is 12.8. The van der Waals surface area contributed by atoms with Gasteiger partial charge in [-0.15, -0.1) is 0 Å². The summed E-state index contributed by atoms with van der Waals surface area (Å²) in [5.74, 6) is 0. The zero-order valence-corrected chi connectivity index (χ0v) is 14.9. The van der Waals surface area contributed by atoms with Gasteiger partial charge < -0.3 is 0 Å². The van der Waals surface area contributed by atoms with Gasteiger partial charge in [0.25, 0.3) is 10.0 Å². The maximum Gasteiger partial charge on any atom is 0.264 e. The van der Waals surface area contributed by atoms with Gasteiger partial charge in [-0.3, -0.25) is 4.31 Å². The first-order valence-electron chi connectivity index (χ1n) is 6.55. The number of aryl methyl sites for hydroxylation is 3. The van der Waals surface area contributed by atoms with Crippen LogP contribution in [0.5, 0.6) is 0 Å². The van der Waals surface area contributed by atoms with Gasteiger partial charge in [-0.25, -0.2) is 8.42 Å². The lowest BCUT2D eigenvalue weighted by atomic mass is 10.1. The predicted octanol–water partition coefficient (Wildman–Crippen LogP) is 4.20. The number of hydrogen-bond acceptors (Lipinski definition) is 2. The normalized spacial score (nSPS) is 11.5. The van der Waals surface area contributed by atoms with E-state index in [1.807, 2.05) is 38.1 Å². The molecule has 0 aliphatic heterocycles. The molecule has 0 unspecified atom stereocenters. The Morgan fingerprint density at radius 1 is 0.952 bits per heavy atom. The van der Waals surface area contributed by atoms with Gasteiger partial charge in [0.2, 0.25) is 0 Å². The molecule has 0 aromatic heterocycles. The van der Waals surface area contributed by atoms with Crippen molar-refractivity contribution >= 4 is 31.6 Å². The topological polar surface area (TPSA) is 37.4 Å². The minimum atomic E-state index is -3.58. The summed E-state index contributed by atoms with van der Waals surface area (Å²) < 4.78 is 27.8. The number of sulfonamides is 1. The maximum atomic E-state index is 12.8. The van der Waals surface area contributed by atoms with Gasteiger partial charge in [0.05, 0.1) is 10.6 Å². The second kappa shape index (κ2) is 5.81. The van der Waals surface area contributed by atoms with Crippen molar-refractivity contribution in [2.75, 3.05) is 11.4 Å². The van der Waals surface area contributed by atoms with E-state index in [-0.39, 0.29) is 0 Å². The summed E-state index contributed by atoms with van der Waals surface area (Å²) in [6.07, 6.45) is 0. The lowest BCUT2D eigenvalue weighted by Crippen LogP contribution is -2.27. The molecule has 0 amide bonds. The molecule has 5 heteroatoms. The van der Waals surface area contributed by atoms with Crippen LogP contribution in [0.2, 0.25) is 0 Å². The first-order valence-corrected chi connectivity index (χ1v) is 8.78. The zero-order valence-electron chi connectivity index (χ0n) is 12.5. The van der Waals surface area contributed by atoms with E-state index in [0.717, 1.165) is 21.2 Å². The molecule has 21 heavy (non-hydrogen) atoms. The lowest BCUT2D eigenvalue weighted by molar-refractivity contribution is 0.593. The molecule has 0 atom stereocenters. The Hall–Kier alpha value is -1.33. The van der Waals surface area contributed by atoms with Gasteiger partial charge in [-0.1, -0.05) is 28.1 Å². The zero-order chi connectivity index (χ0) is 15.8. The van der Waals surface area contributed by atoms with Crippen molar-refractivity contribution in [3.05, 3.63) is 57.6 Å². The molecule has 0 fully saturated rings. The van der Waals surface area contributed by atoms with Crippen molar-refractivity contribution in [2.45, 2.75) is 25.7 Å². The summed E-state index contributed by atoms with van der Waals surface area (Å²) in [6.45, 7) is 5.72. The molecule has 0 radical (unpaired) electrons. The first kappa shape index (κ1) is 16.0. The first-order chi connectivity index (χ1) is 9.71. The van der Waals surface area contributed by atoms with Crippen molar-refractivity contribution in [1.82, 2.24) is 0 Å². The van der Waals surface area contributed by atoms with Gasteiger partial charge in [0.15, 0.2) is 0 Å². The molecule has 0 N–H and O–H groups in total. The summed E-state index contributed by atoms with van der Waals surface area (Å²) in [5, 5.41) is 0.